The average Bonchev–Trinajstić information content (AvgIpc) is 3.07. The van der Waals surface area contributed by atoms with E-state index >= 15 is 0 Å². The summed E-state index contributed by atoms with van der Waals surface area (Å²) < 4.78 is 5.10. The van der Waals surface area contributed by atoms with Gasteiger partial charge in [-0.25, -0.2) is 10.1 Å². The Labute approximate surface area is 113 Å². The fraction of sp³-hybridized carbons (Fsp3) is 0.167. The lowest BCUT2D eigenvalue weighted by Crippen LogP contribution is -2.12. The van der Waals surface area contributed by atoms with E-state index < -0.39 is 0 Å². The number of hydrogen-bond donors (Lipinski definition) is 3. The van der Waals surface area contributed by atoms with Crippen LogP contribution in [0.25, 0.3) is 11.0 Å². The Morgan fingerprint density at radius 1 is 1.45 bits per heavy atom. The van der Waals surface area contributed by atoms with Crippen LogP contribution >= 0.6 is 0 Å². The summed E-state index contributed by atoms with van der Waals surface area (Å²) in [6.07, 6.45) is 1.58. The first-order valence-corrected chi connectivity index (χ1v) is 6.06. The molecule has 2 aromatic heterocycles. The maximum Gasteiger partial charge on any atom is 0.337 e. The van der Waals surface area contributed by atoms with Crippen molar-refractivity contribution in [3.8, 4) is 6.01 Å². The molecule has 0 spiro atoms. The summed E-state index contributed by atoms with van der Waals surface area (Å²) in [5.41, 5.74) is 2.10. The van der Waals surface area contributed by atoms with Gasteiger partial charge in [0.1, 0.15) is 0 Å². The highest BCUT2D eigenvalue weighted by molar-refractivity contribution is 6.05. The van der Waals surface area contributed by atoms with Gasteiger partial charge in [-0.3, -0.25) is 10.1 Å². The lowest BCUT2D eigenvalue weighted by atomic mass is 10.2. The molecule has 0 saturated carbocycles. The van der Waals surface area contributed by atoms with E-state index in [1.165, 1.54) is 0 Å². The standard InChI is InChI=1S/C12H12N6O2/c1-2-20-12-16-11(17-18-12)15-10(19)7-3-4-8-9(5-7)14-6-13-8/h3-6H,2H2,1H3,(H,13,14)(H2,15,16,17,18,19). The van der Waals surface area contributed by atoms with Gasteiger partial charge in [-0.15, -0.1) is 5.10 Å². The van der Waals surface area contributed by atoms with E-state index in [1.54, 1.807) is 24.5 Å². The van der Waals surface area contributed by atoms with Gasteiger partial charge >= 0.3 is 6.01 Å². The van der Waals surface area contributed by atoms with Crippen LogP contribution in [0.5, 0.6) is 6.01 Å². The quantitative estimate of drug-likeness (QED) is 0.664. The van der Waals surface area contributed by atoms with Gasteiger partial charge in [0.05, 0.1) is 24.0 Å². The second kappa shape index (κ2) is 5.00. The third-order valence-electron chi connectivity index (χ3n) is 2.65. The van der Waals surface area contributed by atoms with Crippen LogP contribution in [0.2, 0.25) is 0 Å². The van der Waals surface area contributed by atoms with E-state index in [2.05, 4.69) is 30.5 Å². The largest absolute Gasteiger partial charge is 0.463 e. The van der Waals surface area contributed by atoms with Crippen molar-refractivity contribution in [2.45, 2.75) is 6.92 Å². The van der Waals surface area contributed by atoms with Gasteiger partial charge in [0, 0.05) is 5.56 Å². The van der Waals surface area contributed by atoms with Crippen LogP contribution < -0.4 is 10.1 Å². The van der Waals surface area contributed by atoms with Crippen molar-refractivity contribution in [1.82, 2.24) is 25.1 Å². The number of nitrogens with zero attached hydrogens (tertiary/aromatic N) is 3. The molecule has 2 heterocycles. The summed E-state index contributed by atoms with van der Waals surface area (Å²) in [6, 6.07) is 5.38. The van der Waals surface area contributed by atoms with E-state index in [0.717, 1.165) is 11.0 Å². The number of benzene rings is 1. The molecular formula is C12H12N6O2. The van der Waals surface area contributed by atoms with Gasteiger partial charge in [0.2, 0.25) is 5.95 Å². The zero-order valence-corrected chi connectivity index (χ0v) is 10.7. The summed E-state index contributed by atoms with van der Waals surface area (Å²) in [7, 11) is 0. The number of nitrogens with one attached hydrogen (secondary N) is 3. The number of carbonyl (C=O) groups excluding carboxylic acids is 1. The minimum absolute atomic E-state index is 0.201. The number of carbonyl (C=O) groups is 1. The van der Waals surface area contributed by atoms with Crippen LogP contribution in [0.15, 0.2) is 24.5 Å². The summed E-state index contributed by atoms with van der Waals surface area (Å²) in [4.78, 5) is 23.1. The van der Waals surface area contributed by atoms with E-state index in [-0.39, 0.29) is 17.9 Å². The molecule has 8 heteroatoms. The first kappa shape index (κ1) is 12.2. The maximum absolute atomic E-state index is 12.1. The highest BCUT2D eigenvalue weighted by Crippen LogP contribution is 2.13. The third-order valence-corrected chi connectivity index (χ3v) is 2.65. The molecule has 3 N–H and O–H groups in total. The predicted octanol–water partition coefficient (Wildman–Crippen LogP) is 1.33. The van der Waals surface area contributed by atoms with Gasteiger partial charge in [-0.1, -0.05) is 0 Å². The first-order valence-electron chi connectivity index (χ1n) is 6.06. The molecule has 3 aromatic rings. The molecular weight excluding hydrogens is 260 g/mol. The molecule has 0 saturated heterocycles. The second-order valence-corrected chi connectivity index (χ2v) is 3.99. The molecule has 1 amide bonds. The zero-order chi connectivity index (χ0) is 13.9. The number of amides is 1. The molecule has 0 aliphatic carbocycles. The van der Waals surface area contributed by atoms with Crippen molar-refractivity contribution in [3.63, 3.8) is 0 Å². The number of H-pyrrole nitrogens is 2. The van der Waals surface area contributed by atoms with E-state index in [0.29, 0.717) is 12.2 Å². The lowest BCUT2D eigenvalue weighted by Gasteiger charge is -2.01. The molecule has 8 nitrogen and oxygen atoms in total. The smallest absolute Gasteiger partial charge is 0.337 e. The van der Waals surface area contributed by atoms with Crippen LogP contribution in [-0.2, 0) is 0 Å². The van der Waals surface area contributed by atoms with Crippen LogP contribution in [0, 0.1) is 0 Å². The molecule has 3 rings (SSSR count). The lowest BCUT2D eigenvalue weighted by molar-refractivity contribution is 0.102. The summed E-state index contributed by atoms with van der Waals surface area (Å²) in [5, 5.41) is 9.00. The average molecular weight is 272 g/mol. The number of aromatic amines is 2. The fourth-order valence-electron chi connectivity index (χ4n) is 1.75. The normalized spacial score (nSPS) is 10.7. The molecule has 0 atom stereocenters. The Morgan fingerprint density at radius 2 is 2.35 bits per heavy atom. The number of hydrogen-bond acceptors (Lipinski definition) is 5. The Balaban J connectivity index is 1.77. The Hall–Kier alpha value is -2.90. The third kappa shape index (κ3) is 2.30. The minimum atomic E-state index is -0.291. The van der Waals surface area contributed by atoms with Crippen molar-refractivity contribution >= 4 is 22.9 Å². The number of ether oxygens (including phenoxy) is 1. The Bertz CT molecular complexity index is 747. The fourth-order valence-corrected chi connectivity index (χ4v) is 1.75. The van der Waals surface area contributed by atoms with Crippen molar-refractivity contribution in [1.29, 1.82) is 0 Å². The molecule has 1 aromatic carbocycles. The summed E-state index contributed by atoms with van der Waals surface area (Å²) >= 11 is 0. The van der Waals surface area contributed by atoms with E-state index in [9.17, 15) is 4.79 Å². The Kier molecular flexibility index (Phi) is 3.04. The SMILES string of the molecule is CCOc1n[nH]c(NC(=O)c2ccc3nc[nH]c3c2)n1. The summed E-state index contributed by atoms with van der Waals surface area (Å²) in [6.45, 7) is 2.29. The maximum atomic E-state index is 12.1. The number of imidazole rings is 1. The number of fused-ring (bicyclic) bond motifs is 1. The Morgan fingerprint density at radius 3 is 3.20 bits per heavy atom. The molecule has 102 valence electrons. The van der Waals surface area contributed by atoms with Gasteiger partial charge in [0.15, 0.2) is 0 Å². The molecule has 0 radical (unpaired) electrons. The second-order valence-electron chi connectivity index (χ2n) is 3.99. The minimum Gasteiger partial charge on any atom is -0.463 e. The van der Waals surface area contributed by atoms with Crippen LogP contribution in [0.3, 0.4) is 0 Å². The van der Waals surface area contributed by atoms with E-state index in [1.807, 2.05) is 6.92 Å². The molecule has 0 aliphatic heterocycles. The van der Waals surface area contributed by atoms with Gasteiger partial charge < -0.3 is 9.72 Å². The first-order chi connectivity index (χ1) is 9.76. The van der Waals surface area contributed by atoms with Crippen molar-refractivity contribution in [3.05, 3.63) is 30.1 Å². The number of anilines is 1. The van der Waals surface area contributed by atoms with Gasteiger partial charge in [0.25, 0.3) is 5.91 Å². The van der Waals surface area contributed by atoms with Crippen molar-refractivity contribution in [2.24, 2.45) is 0 Å². The zero-order valence-electron chi connectivity index (χ0n) is 10.7. The van der Waals surface area contributed by atoms with Crippen LogP contribution in [-0.4, -0.2) is 37.7 Å². The highest BCUT2D eigenvalue weighted by Gasteiger charge is 2.11. The topological polar surface area (TPSA) is 109 Å². The molecule has 0 fully saturated rings. The van der Waals surface area contributed by atoms with Gasteiger partial charge in [-0.2, -0.15) is 4.98 Å². The van der Waals surface area contributed by atoms with Crippen LogP contribution in [0.4, 0.5) is 5.95 Å². The summed E-state index contributed by atoms with van der Waals surface area (Å²) in [5.74, 6) is -0.0520. The molecule has 0 bridgehead atoms. The highest BCUT2D eigenvalue weighted by atomic mass is 16.5. The number of rotatable bonds is 4. The molecule has 0 unspecified atom stereocenters. The van der Waals surface area contributed by atoms with Crippen molar-refractivity contribution in [2.75, 3.05) is 11.9 Å². The molecule has 20 heavy (non-hydrogen) atoms. The molecule has 0 aliphatic rings. The monoisotopic (exact) mass is 272 g/mol. The van der Waals surface area contributed by atoms with Crippen molar-refractivity contribution < 1.29 is 9.53 Å². The number of aromatic nitrogens is 5. The van der Waals surface area contributed by atoms with Crippen LogP contribution in [0.1, 0.15) is 17.3 Å². The predicted molar refractivity (Wildman–Crippen MR) is 71.6 cm³/mol. The van der Waals surface area contributed by atoms with E-state index in [4.69, 9.17) is 4.74 Å². The van der Waals surface area contributed by atoms with Gasteiger partial charge in [-0.05, 0) is 25.1 Å².